The molecule has 1 aromatic heterocycles. The highest BCUT2D eigenvalue weighted by atomic mass is 32.2. The quantitative estimate of drug-likeness (QED) is 0.185. The van der Waals surface area contributed by atoms with Crippen LogP contribution >= 0.6 is 11.8 Å². The molecule has 0 unspecified atom stereocenters. The van der Waals surface area contributed by atoms with Gasteiger partial charge >= 0.3 is 0 Å². The number of nitrogens with zero attached hydrogens (tertiary/aromatic N) is 1. The zero-order valence-electron chi connectivity index (χ0n) is 20.2. The summed E-state index contributed by atoms with van der Waals surface area (Å²) in [5.41, 5.74) is 7.08. The Bertz CT molecular complexity index is 1640. The summed E-state index contributed by atoms with van der Waals surface area (Å²) < 4.78 is 2.34. The number of benzene rings is 4. The molecule has 1 aliphatic heterocycles. The molecule has 2 heteroatoms. The minimum absolute atomic E-state index is 0.877. The third-order valence-corrected chi connectivity index (χ3v) is 9.71. The van der Waals surface area contributed by atoms with E-state index in [-0.39, 0.29) is 0 Å². The highest BCUT2D eigenvalue weighted by molar-refractivity contribution is 8.00. The molecule has 0 amide bonds. The van der Waals surface area contributed by atoms with E-state index in [0.29, 0.717) is 0 Å². The lowest BCUT2D eigenvalue weighted by Crippen LogP contribution is -2.31. The molecule has 1 nitrogen and oxygen atoms in total. The van der Waals surface area contributed by atoms with Crippen molar-refractivity contribution in [2.24, 2.45) is 13.0 Å². The SMILES string of the molecule is Cc1c2c(c(C)c3ccccc13)-c1c3c(c4ccc(CC5CCCC5)cc4cc3cc[n+]1C)S2. The summed E-state index contributed by atoms with van der Waals surface area (Å²) in [6.07, 6.45) is 9.12. The summed E-state index contributed by atoms with van der Waals surface area (Å²) in [7, 11) is 2.21. The molecule has 2 heterocycles. The van der Waals surface area contributed by atoms with E-state index in [9.17, 15) is 0 Å². The summed E-state index contributed by atoms with van der Waals surface area (Å²) >= 11 is 1.99. The Balaban J connectivity index is 1.52. The van der Waals surface area contributed by atoms with Crippen LogP contribution in [0.2, 0.25) is 0 Å². The first-order valence-corrected chi connectivity index (χ1v) is 13.5. The Morgan fingerprint density at radius 1 is 0.824 bits per heavy atom. The van der Waals surface area contributed by atoms with Gasteiger partial charge in [-0.25, -0.2) is 4.57 Å². The molecule has 5 aromatic rings. The van der Waals surface area contributed by atoms with Crippen molar-refractivity contribution in [3.8, 4) is 11.3 Å². The number of hydrogen-bond donors (Lipinski definition) is 0. The second-order valence-corrected chi connectivity index (χ2v) is 11.5. The third kappa shape index (κ3) is 2.91. The fourth-order valence-electron chi connectivity index (χ4n) is 6.61. The van der Waals surface area contributed by atoms with Crippen LogP contribution in [-0.4, -0.2) is 0 Å². The van der Waals surface area contributed by atoms with Crippen LogP contribution in [-0.2, 0) is 13.5 Å². The van der Waals surface area contributed by atoms with Crippen LogP contribution < -0.4 is 4.57 Å². The average molecular weight is 461 g/mol. The van der Waals surface area contributed by atoms with E-state index in [1.54, 1.807) is 0 Å². The fraction of sp³-hybridized carbons (Fsp3) is 0.281. The van der Waals surface area contributed by atoms with E-state index in [4.69, 9.17) is 0 Å². The van der Waals surface area contributed by atoms with Crippen molar-refractivity contribution in [3.63, 3.8) is 0 Å². The topological polar surface area (TPSA) is 3.88 Å². The molecule has 0 atom stereocenters. The van der Waals surface area contributed by atoms with Crippen molar-refractivity contribution >= 4 is 44.1 Å². The van der Waals surface area contributed by atoms with Crippen LogP contribution in [0.1, 0.15) is 42.4 Å². The van der Waals surface area contributed by atoms with Gasteiger partial charge < -0.3 is 0 Å². The standard InChI is InChI=1S/C32H30NS/c1-19-25-10-6-7-11-26(25)20(2)31-28(19)30-29-23(14-15-33(30)3)18-24-17-22(16-21-8-4-5-9-21)12-13-27(24)32(29)34-31/h6-7,10-15,17-18,21H,4-5,8-9,16H2,1-3H3/q+1. The van der Waals surface area contributed by atoms with E-state index in [0.717, 1.165) is 5.92 Å². The number of fused-ring (bicyclic) bond motifs is 5. The van der Waals surface area contributed by atoms with E-state index in [2.05, 4.69) is 86.3 Å². The average Bonchev–Trinajstić information content (AvgIpc) is 3.37. The van der Waals surface area contributed by atoms with E-state index in [1.165, 1.54) is 102 Å². The summed E-state index contributed by atoms with van der Waals surface area (Å²) in [5.74, 6) is 0.877. The maximum atomic E-state index is 2.48. The lowest BCUT2D eigenvalue weighted by Gasteiger charge is -2.24. The molecule has 4 aromatic carbocycles. The summed E-state index contributed by atoms with van der Waals surface area (Å²) in [4.78, 5) is 2.85. The first-order chi connectivity index (χ1) is 16.6. The van der Waals surface area contributed by atoms with Gasteiger partial charge in [-0.05, 0) is 75.9 Å². The molecule has 0 spiro atoms. The lowest BCUT2D eigenvalue weighted by atomic mass is 9.90. The Morgan fingerprint density at radius 3 is 2.38 bits per heavy atom. The van der Waals surface area contributed by atoms with Gasteiger partial charge in [-0.3, -0.25) is 0 Å². The van der Waals surface area contributed by atoms with E-state index in [1.807, 2.05) is 11.8 Å². The maximum absolute atomic E-state index is 2.48. The third-order valence-electron chi connectivity index (χ3n) is 8.37. The second kappa shape index (κ2) is 7.58. The van der Waals surface area contributed by atoms with Crippen molar-refractivity contribution in [2.45, 2.75) is 55.7 Å². The van der Waals surface area contributed by atoms with Crippen molar-refractivity contribution in [1.82, 2.24) is 0 Å². The summed E-state index contributed by atoms with van der Waals surface area (Å²) in [6, 6.07) is 20.9. The molecule has 1 aliphatic carbocycles. The van der Waals surface area contributed by atoms with Crippen LogP contribution in [0, 0.1) is 19.8 Å². The molecule has 2 aliphatic rings. The van der Waals surface area contributed by atoms with Crippen LogP contribution in [0.25, 0.3) is 43.6 Å². The van der Waals surface area contributed by atoms with Gasteiger partial charge in [0.15, 0.2) is 6.20 Å². The van der Waals surface area contributed by atoms with Gasteiger partial charge in [0.1, 0.15) is 7.05 Å². The predicted octanol–water partition coefficient (Wildman–Crippen LogP) is 8.45. The Kier molecular flexibility index (Phi) is 4.58. The summed E-state index contributed by atoms with van der Waals surface area (Å²) in [6.45, 7) is 4.62. The van der Waals surface area contributed by atoms with Crippen LogP contribution in [0.5, 0.6) is 0 Å². The van der Waals surface area contributed by atoms with Crippen molar-refractivity contribution in [2.75, 3.05) is 0 Å². The molecule has 0 bridgehead atoms. The number of aromatic nitrogens is 1. The molecular formula is C32H30NS+. The van der Waals surface area contributed by atoms with Gasteiger partial charge in [0.05, 0.1) is 10.9 Å². The first kappa shape index (κ1) is 20.5. The molecule has 7 rings (SSSR count). The van der Waals surface area contributed by atoms with E-state index >= 15 is 0 Å². The first-order valence-electron chi connectivity index (χ1n) is 12.7. The molecule has 1 fully saturated rings. The molecule has 0 saturated heterocycles. The highest BCUT2D eigenvalue weighted by Crippen LogP contribution is 2.53. The minimum atomic E-state index is 0.877. The molecule has 34 heavy (non-hydrogen) atoms. The zero-order chi connectivity index (χ0) is 23.0. The minimum Gasteiger partial charge on any atom is -0.200 e. The number of hydrogen-bond acceptors (Lipinski definition) is 1. The highest BCUT2D eigenvalue weighted by Gasteiger charge is 2.31. The number of aryl methyl sites for hydroxylation is 3. The van der Waals surface area contributed by atoms with Crippen LogP contribution in [0.3, 0.4) is 0 Å². The fourth-order valence-corrected chi connectivity index (χ4v) is 8.04. The van der Waals surface area contributed by atoms with Crippen LogP contribution in [0.4, 0.5) is 0 Å². The van der Waals surface area contributed by atoms with Crippen LogP contribution in [0.15, 0.2) is 70.6 Å². The zero-order valence-corrected chi connectivity index (χ0v) is 21.1. The molecule has 0 radical (unpaired) electrons. The lowest BCUT2D eigenvalue weighted by molar-refractivity contribution is -0.659. The van der Waals surface area contributed by atoms with Gasteiger partial charge in [-0.2, -0.15) is 0 Å². The largest absolute Gasteiger partial charge is 0.222 e. The van der Waals surface area contributed by atoms with Crippen molar-refractivity contribution < 1.29 is 4.57 Å². The molecule has 168 valence electrons. The van der Waals surface area contributed by atoms with Gasteiger partial charge in [-0.15, -0.1) is 0 Å². The van der Waals surface area contributed by atoms with Crippen molar-refractivity contribution in [3.05, 3.63) is 77.5 Å². The monoisotopic (exact) mass is 460 g/mol. The number of pyridine rings is 1. The normalized spacial score (nSPS) is 15.5. The van der Waals surface area contributed by atoms with Gasteiger partial charge in [0, 0.05) is 15.9 Å². The molecule has 0 N–H and O–H groups in total. The Labute approximate surface area is 205 Å². The number of rotatable bonds is 2. The Hall–Kier alpha value is -2.84. The Morgan fingerprint density at radius 2 is 1.59 bits per heavy atom. The van der Waals surface area contributed by atoms with E-state index < -0.39 is 0 Å². The molecule has 1 saturated carbocycles. The van der Waals surface area contributed by atoms with Crippen molar-refractivity contribution in [1.29, 1.82) is 0 Å². The smallest absolute Gasteiger partial charge is 0.200 e. The van der Waals surface area contributed by atoms with Gasteiger partial charge in [0.25, 0.3) is 0 Å². The maximum Gasteiger partial charge on any atom is 0.222 e. The summed E-state index contributed by atoms with van der Waals surface area (Å²) in [5, 5.41) is 8.31. The second-order valence-electron chi connectivity index (χ2n) is 10.5. The predicted molar refractivity (Wildman–Crippen MR) is 145 cm³/mol. The van der Waals surface area contributed by atoms with Gasteiger partial charge in [0.2, 0.25) is 5.69 Å². The molecular weight excluding hydrogens is 430 g/mol. The van der Waals surface area contributed by atoms with Gasteiger partial charge in [-0.1, -0.05) is 79.9 Å².